The quantitative estimate of drug-likeness (QED) is 0.838. The molecule has 0 aromatic heterocycles. The van der Waals surface area contributed by atoms with Crippen molar-refractivity contribution in [1.82, 2.24) is 15.1 Å². The summed E-state index contributed by atoms with van der Waals surface area (Å²) < 4.78 is 5.11. The molecule has 7 heteroatoms. The van der Waals surface area contributed by atoms with Crippen LogP contribution < -0.4 is 10.1 Å². The fraction of sp³-hybridized carbons (Fsp3) is 0.556. The lowest BCUT2D eigenvalue weighted by atomic mass is 9.81. The number of urea groups is 1. The van der Waals surface area contributed by atoms with Gasteiger partial charge in [-0.2, -0.15) is 0 Å². The molecular formula is C18H25N3O4. The van der Waals surface area contributed by atoms with Crippen molar-refractivity contribution in [3.05, 3.63) is 29.8 Å². The molecule has 2 saturated heterocycles. The summed E-state index contributed by atoms with van der Waals surface area (Å²) in [5.41, 5.74) is 0.145. The number of ether oxygens (including phenoxy) is 1. The number of nitrogens with one attached hydrogen (secondary N) is 1. The van der Waals surface area contributed by atoms with Crippen molar-refractivity contribution in [2.24, 2.45) is 11.3 Å². The van der Waals surface area contributed by atoms with E-state index in [1.54, 1.807) is 12.0 Å². The maximum atomic E-state index is 12.5. The zero-order chi connectivity index (χ0) is 18.0. The molecule has 7 nitrogen and oxygen atoms in total. The molecule has 2 heterocycles. The van der Waals surface area contributed by atoms with Crippen LogP contribution in [0.15, 0.2) is 24.3 Å². The van der Waals surface area contributed by atoms with E-state index in [1.165, 1.54) is 0 Å². The van der Waals surface area contributed by atoms with Gasteiger partial charge in [0.05, 0.1) is 7.11 Å². The summed E-state index contributed by atoms with van der Waals surface area (Å²) >= 11 is 0. The number of rotatable bonds is 5. The number of carboxylic acid groups (broad SMARTS) is 1. The largest absolute Gasteiger partial charge is 0.497 e. The third-order valence-electron chi connectivity index (χ3n) is 5.44. The van der Waals surface area contributed by atoms with Gasteiger partial charge in [0.15, 0.2) is 0 Å². The van der Waals surface area contributed by atoms with Crippen LogP contribution >= 0.6 is 0 Å². The highest BCUT2D eigenvalue weighted by Crippen LogP contribution is 2.42. The lowest BCUT2D eigenvalue weighted by Crippen LogP contribution is -2.44. The molecule has 2 amide bonds. The minimum atomic E-state index is -0.826. The van der Waals surface area contributed by atoms with Gasteiger partial charge in [-0.05, 0) is 24.2 Å². The highest BCUT2D eigenvalue weighted by atomic mass is 16.5. The second kappa shape index (κ2) is 6.92. The van der Waals surface area contributed by atoms with E-state index in [1.807, 2.05) is 31.2 Å². The Morgan fingerprint density at radius 1 is 1.28 bits per heavy atom. The highest BCUT2D eigenvalue weighted by molar-refractivity contribution is 5.81. The summed E-state index contributed by atoms with van der Waals surface area (Å²) in [5, 5.41) is 12.6. The number of aliphatic carboxylic acids is 1. The standard InChI is InChI=1S/C18H25N3O4/c1-3-20-9-14-10-21(12-18(14,11-20)16(22)23)17(24)19-8-13-4-6-15(25-2)7-5-13/h4-7,14H,3,8-12H2,1-2H3,(H,19,24)(H,22,23)/t14-,18-/m1/s1. The maximum Gasteiger partial charge on any atom is 0.317 e. The summed E-state index contributed by atoms with van der Waals surface area (Å²) in [5.74, 6) is -0.0260. The highest BCUT2D eigenvalue weighted by Gasteiger charge is 2.58. The molecule has 25 heavy (non-hydrogen) atoms. The predicted molar refractivity (Wildman–Crippen MR) is 92.5 cm³/mol. The van der Waals surface area contributed by atoms with Crippen molar-refractivity contribution in [2.45, 2.75) is 13.5 Å². The van der Waals surface area contributed by atoms with Gasteiger partial charge in [-0.15, -0.1) is 0 Å². The Labute approximate surface area is 147 Å². The van der Waals surface area contributed by atoms with E-state index in [-0.39, 0.29) is 18.5 Å². The average Bonchev–Trinajstić information content (AvgIpc) is 3.15. The average molecular weight is 347 g/mol. The second-order valence-corrected chi connectivity index (χ2v) is 6.87. The Hall–Kier alpha value is -2.28. The Bertz CT molecular complexity index is 648. The summed E-state index contributed by atoms with van der Waals surface area (Å²) in [6.07, 6.45) is 0. The third-order valence-corrected chi connectivity index (χ3v) is 5.44. The molecule has 2 fully saturated rings. The Kier molecular flexibility index (Phi) is 4.85. The van der Waals surface area contributed by atoms with Gasteiger partial charge >= 0.3 is 12.0 Å². The van der Waals surface area contributed by atoms with Gasteiger partial charge in [-0.1, -0.05) is 19.1 Å². The van der Waals surface area contributed by atoms with Crippen LogP contribution in [-0.2, 0) is 11.3 Å². The SMILES string of the molecule is CCN1C[C@@H]2CN(C(=O)NCc3ccc(OC)cc3)C[C@]2(C(=O)O)C1. The van der Waals surface area contributed by atoms with E-state index in [0.717, 1.165) is 24.4 Å². The fourth-order valence-electron chi connectivity index (χ4n) is 3.90. The summed E-state index contributed by atoms with van der Waals surface area (Å²) in [7, 11) is 1.61. The molecule has 136 valence electrons. The van der Waals surface area contributed by atoms with Crippen molar-refractivity contribution in [3.63, 3.8) is 0 Å². The van der Waals surface area contributed by atoms with Gasteiger partial charge in [-0.25, -0.2) is 4.79 Å². The molecule has 0 bridgehead atoms. The molecule has 1 aromatic carbocycles. The summed E-state index contributed by atoms with van der Waals surface area (Å²) in [6.45, 7) is 5.32. The maximum absolute atomic E-state index is 12.5. The Morgan fingerprint density at radius 2 is 2.00 bits per heavy atom. The van der Waals surface area contributed by atoms with Crippen LogP contribution in [0.5, 0.6) is 5.75 Å². The van der Waals surface area contributed by atoms with Gasteiger partial charge in [0.2, 0.25) is 0 Å². The number of fused-ring (bicyclic) bond motifs is 1. The van der Waals surface area contributed by atoms with E-state index >= 15 is 0 Å². The number of amides is 2. The first-order valence-corrected chi connectivity index (χ1v) is 8.60. The van der Waals surface area contributed by atoms with Gasteiger partial charge in [0, 0.05) is 38.6 Å². The molecule has 1 aromatic rings. The normalized spacial score (nSPS) is 25.7. The van der Waals surface area contributed by atoms with Crippen molar-refractivity contribution in [3.8, 4) is 5.75 Å². The third kappa shape index (κ3) is 3.28. The van der Waals surface area contributed by atoms with Gasteiger partial charge in [0.1, 0.15) is 11.2 Å². The molecule has 0 spiro atoms. The molecule has 2 aliphatic heterocycles. The number of hydrogen-bond acceptors (Lipinski definition) is 4. The summed E-state index contributed by atoms with van der Waals surface area (Å²) in [4.78, 5) is 28.2. The molecular weight excluding hydrogens is 322 g/mol. The summed E-state index contributed by atoms with van der Waals surface area (Å²) in [6, 6.07) is 7.29. The number of carbonyl (C=O) groups excluding carboxylic acids is 1. The molecule has 3 rings (SSSR count). The van der Waals surface area contributed by atoms with Crippen LogP contribution in [0, 0.1) is 11.3 Å². The Morgan fingerprint density at radius 3 is 2.56 bits per heavy atom. The molecule has 0 saturated carbocycles. The van der Waals surface area contributed by atoms with E-state index in [0.29, 0.717) is 19.6 Å². The molecule has 2 N–H and O–H groups in total. The van der Waals surface area contributed by atoms with Crippen LogP contribution in [0.1, 0.15) is 12.5 Å². The number of carbonyl (C=O) groups is 2. The number of hydrogen-bond donors (Lipinski definition) is 2. The minimum absolute atomic E-state index is 0.00307. The van der Waals surface area contributed by atoms with Crippen molar-refractivity contribution < 1.29 is 19.4 Å². The van der Waals surface area contributed by atoms with Crippen LogP contribution in [0.3, 0.4) is 0 Å². The smallest absolute Gasteiger partial charge is 0.317 e. The van der Waals surface area contributed by atoms with Crippen molar-refractivity contribution in [2.75, 3.05) is 39.8 Å². The number of methoxy groups -OCH3 is 1. The van der Waals surface area contributed by atoms with Gasteiger partial charge in [-0.3, -0.25) is 4.79 Å². The van der Waals surface area contributed by atoms with Gasteiger partial charge < -0.3 is 25.0 Å². The minimum Gasteiger partial charge on any atom is -0.497 e. The first-order chi connectivity index (χ1) is 12.0. The number of benzene rings is 1. The molecule has 2 aliphatic rings. The second-order valence-electron chi connectivity index (χ2n) is 6.87. The zero-order valence-electron chi connectivity index (χ0n) is 14.7. The lowest BCUT2D eigenvalue weighted by molar-refractivity contribution is -0.148. The number of likely N-dealkylation sites (tertiary alicyclic amines) is 2. The van der Waals surface area contributed by atoms with Gasteiger partial charge in [0.25, 0.3) is 0 Å². The first kappa shape index (κ1) is 17.5. The molecule has 0 aliphatic carbocycles. The van der Waals surface area contributed by atoms with E-state index < -0.39 is 11.4 Å². The zero-order valence-corrected chi connectivity index (χ0v) is 14.7. The molecule has 0 unspecified atom stereocenters. The number of carboxylic acids is 1. The predicted octanol–water partition coefficient (Wildman–Crippen LogP) is 1.24. The van der Waals surface area contributed by atoms with E-state index in [9.17, 15) is 14.7 Å². The topological polar surface area (TPSA) is 82.1 Å². The lowest BCUT2D eigenvalue weighted by Gasteiger charge is -2.25. The van der Waals surface area contributed by atoms with Crippen LogP contribution in [0.25, 0.3) is 0 Å². The van der Waals surface area contributed by atoms with E-state index in [2.05, 4.69) is 10.2 Å². The van der Waals surface area contributed by atoms with Crippen molar-refractivity contribution >= 4 is 12.0 Å². The van der Waals surface area contributed by atoms with Crippen LogP contribution in [0.2, 0.25) is 0 Å². The monoisotopic (exact) mass is 347 g/mol. The number of nitrogens with zero attached hydrogens (tertiary/aromatic N) is 2. The molecule has 2 atom stereocenters. The van der Waals surface area contributed by atoms with Crippen LogP contribution in [-0.4, -0.2) is 66.7 Å². The Balaban J connectivity index is 1.59. The van der Waals surface area contributed by atoms with E-state index in [4.69, 9.17) is 4.74 Å². The molecule has 0 radical (unpaired) electrons. The first-order valence-electron chi connectivity index (χ1n) is 8.60. The van der Waals surface area contributed by atoms with Crippen LogP contribution in [0.4, 0.5) is 4.79 Å². The van der Waals surface area contributed by atoms with Crippen molar-refractivity contribution in [1.29, 1.82) is 0 Å². The fourth-order valence-corrected chi connectivity index (χ4v) is 3.90.